The summed E-state index contributed by atoms with van der Waals surface area (Å²) in [6.07, 6.45) is 7.55. The van der Waals surface area contributed by atoms with Gasteiger partial charge in [-0.1, -0.05) is 24.3 Å². The first kappa shape index (κ1) is 12.4. The van der Waals surface area contributed by atoms with Gasteiger partial charge in [-0.05, 0) is 54.5 Å². The van der Waals surface area contributed by atoms with E-state index >= 15 is 0 Å². The Hall–Kier alpha value is -1.67. The molecule has 19 heavy (non-hydrogen) atoms. The molecule has 2 heteroatoms. The molecule has 2 aromatic rings. The van der Waals surface area contributed by atoms with E-state index in [0.29, 0.717) is 6.04 Å². The Balaban J connectivity index is 1.73. The second-order valence-corrected chi connectivity index (χ2v) is 5.33. The van der Waals surface area contributed by atoms with Crippen LogP contribution in [0.5, 0.6) is 0 Å². The zero-order valence-electron chi connectivity index (χ0n) is 11.4. The van der Waals surface area contributed by atoms with Crippen LogP contribution in [0.4, 0.5) is 0 Å². The molecule has 2 nitrogen and oxygen atoms in total. The van der Waals surface area contributed by atoms with Crippen molar-refractivity contribution in [2.75, 3.05) is 0 Å². The van der Waals surface area contributed by atoms with Crippen LogP contribution in [-0.2, 0) is 13.0 Å². The summed E-state index contributed by atoms with van der Waals surface area (Å²) < 4.78 is 0. The number of hydrogen-bond donors (Lipinski definition) is 1. The summed E-state index contributed by atoms with van der Waals surface area (Å²) in [6, 6.07) is 11.4. The normalized spacial score (nSPS) is 18.1. The fraction of sp³-hybridized carbons (Fsp3) is 0.353. The van der Waals surface area contributed by atoms with Crippen molar-refractivity contribution < 1.29 is 0 Å². The van der Waals surface area contributed by atoms with Gasteiger partial charge in [0, 0.05) is 25.0 Å². The van der Waals surface area contributed by atoms with Crippen LogP contribution in [0.3, 0.4) is 0 Å². The van der Waals surface area contributed by atoms with Gasteiger partial charge in [0.1, 0.15) is 0 Å². The van der Waals surface area contributed by atoms with Crippen LogP contribution in [0.25, 0.3) is 0 Å². The first-order valence-electron chi connectivity index (χ1n) is 7.05. The van der Waals surface area contributed by atoms with Crippen LogP contribution >= 0.6 is 0 Å². The van der Waals surface area contributed by atoms with Crippen molar-refractivity contribution in [2.24, 2.45) is 0 Å². The molecule has 0 spiro atoms. The predicted molar refractivity (Wildman–Crippen MR) is 77.9 cm³/mol. The van der Waals surface area contributed by atoms with Crippen molar-refractivity contribution in [3.63, 3.8) is 0 Å². The Morgan fingerprint density at radius 1 is 1.26 bits per heavy atom. The molecule has 1 aliphatic rings. The fourth-order valence-electron chi connectivity index (χ4n) is 2.90. The second kappa shape index (κ2) is 5.54. The summed E-state index contributed by atoms with van der Waals surface area (Å²) in [7, 11) is 0. The van der Waals surface area contributed by atoms with E-state index in [9.17, 15) is 0 Å². The van der Waals surface area contributed by atoms with Gasteiger partial charge in [0.05, 0.1) is 0 Å². The second-order valence-electron chi connectivity index (χ2n) is 5.33. The Kier molecular flexibility index (Phi) is 3.60. The quantitative estimate of drug-likeness (QED) is 0.903. The van der Waals surface area contributed by atoms with E-state index in [0.717, 1.165) is 6.54 Å². The van der Waals surface area contributed by atoms with E-state index < -0.39 is 0 Å². The maximum Gasteiger partial charge on any atom is 0.0326 e. The Labute approximate surface area is 114 Å². The van der Waals surface area contributed by atoms with E-state index in [-0.39, 0.29) is 0 Å². The van der Waals surface area contributed by atoms with E-state index in [1.165, 1.54) is 41.5 Å². The molecule has 0 amide bonds. The average molecular weight is 252 g/mol. The van der Waals surface area contributed by atoms with Gasteiger partial charge in [0.15, 0.2) is 0 Å². The van der Waals surface area contributed by atoms with E-state index in [2.05, 4.69) is 47.6 Å². The molecule has 1 heterocycles. The summed E-state index contributed by atoms with van der Waals surface area (Å²) in [5.41, 5.74) is 5.61. The third-order valence-corrected chi connectivity index (χ3v) is 4.04. The van der Waals surface area contributed by atoms with Gasteiger partial charge in [0.25, 0.3) is 0 Å². The molecule has 0 aliphatic heterocycles. The lowest BCUT2D eigenvalue weighted by Crippen LogP contribution is -2.25. The highest BCUT2D eigenvalue weighted by Gasteiger charge is 2.18. The lowest BCUT2D eigenvalue weighted by atomic mass is 9.87. The molecule has 1 unspecified atom stereocenters. The molecule has 1 N–H and O–H groups in total. The van der Waals surface area contributed by atoms with Crippen molar-refractivity contribution in [3.8, 4) is 0 Å². The van der Waals surface area contributed by atoms with Gasteiger partial charge in [-0.3, -0.25) is 4.98 Å². The highest BCUT2D eigenvalue weighted by Crippen LogP contribution is 2.29. The molecule has 1 aromatic heterocycles. The monoisotopic (exact) mass is 252 g/mol. The molecule has 0 fully saturated rings. The minimum Gasteiger partial charge on any atom is -0.306 e. The summed E-state index contributed by atoms with van der Waals surface area (Å²) in [4.78, 5) is 4.15. The zero-order valence-corrected chi connectivity index (χ0v) is 11.4. The number of aromatic nitrogens is 1. The summed E-state index contributed by atoms with van der Waals surface area (Å²) in [5.74, 6) is 0. The Morgan fingerprint density at radius 3 is 3.05 bits per heavy atom. The molecular weight excluding hydrogens is 232 g/mol. The van der Waals surface area contributed by atoms with Gasteiger partial charge in [-0.25, -0.2) is 0 Å². The first-order valence-corrected chi connectivity index (χ1v) is 7.05. The number of rotatable bonds is 3. The standard InChI is InChI=1S/C17H20N2/c1-13-11-18-10-9-15(13)12-19-17-8-4-6-14-5-2-3-7-16(14)17/h2-3,5,7,9-11,17,19H,4,6,8,12H2,1H3. The van der Waals surface area contributed by atoms with E-state index in [1.54, 1.807) is 0 Å². The predicted octanol–water partition coefficient (Wildman–Crippen LogP) is 3.56. The van der Waals surface area contributed by atoms with Crippen molar-refractivity contribution in [3.05, 3.63) is 65.0 Å². The number of hydrogen-bond acceptors (Lipinski definition) is 2. The maximum atomic E-state index is 4.15. The Bertz CT molecular complexity index is 563. The van der Waals surface area contributed by atoms with Gasteiger partial charge in [0.2, 0.25) is 0 Å². The number of nitrogens with zero attached hydrogens (tertiary/aromatic N) is 1. The number of fused-ring (bicyclic) bond motifs is 1. The molecule has 0 saturated heterocycles. The van der Waals surface area contributed by atoms with Gasteiger partial charge < -0.3 is 5.32 Å². The van der Waals surface area contributed by atoms with Gasteiger partial charge in [-0.15, -0.1) is 0 Å². The zero-order chi connectivity index (χ0) is 13.1. The minimum absolute atomic E-state index is 0.498. The summed E-state index contributed by atoms with van der Waals surface area (Å²) in [6.45, 7) is 3.05. The molecule has 0 saturated carbocycles. The van der Waals surface area contributed by atoms with Gasteiger partial charge in [-0.2, -0.15) is 0 Å². The lowest BCUT2D eigenvalue weighted by molar-refractivity contribution is 0.458. The SMILES string of the molecule is Cc1cnccc1CNC1CCCc2ccccc21. The molecule has 0 radical (unpaired) electrons. The van der Waals surface area contributed by atoms with Crippen molar-refractivity contribution in [2.45, 2.75) is 38.8 Å². The summed E-state index contributed by atoms with van der Waals surface area (Å²) >= 11 is 0. The molecule has 0 bridgehead atoms. The third-order valence-electron chi connectivity index (χ3n) is 4.04. The maximum absolute atomic E-state index is 4.15. The number of aryl methyl sites for hydroxylation is 2. The molecule has 3 rings (SSSR count). The number of benzene rings is 1. The smallest absolute Gasteiger partial charge is 0.0326 e. The summed E-state index contributed by atoms with van der Waals surface area (Å²) in [5, 5.41) is 3.71. The van der Waals surface area contributed by atoms with Crippen molar-refractivity contribution in [1.82, 2.24) is 10.3 Å². The van der Waals surface area contributed by atoms with Crippen molar-refractivity contribution >= 4 is 0 Å². The number of nitrogens with one attached hydrogen (secondary N) is 1. The van der Waals surface area contributed by atoms with Crippen LogP contribution in [0.2, 0.25) is 0 Å². The molecule has 98 valence electrons. The molecule has 1 atom stereocenters. The molecule has 1 aromatic carbocycles. The van der Waals surface area contributed by atoms with Crippen LogP contribution in [-0.4, -0.2) is 4.98 Å². The highest BCUT2D eigenvalue weighted by atomic mass is 14.9. The van der Waals surface area contributed by atoms with Crippen molar-refractivity contribution in [1.29, 1.82) is 0 Å². The topological polar surface area (TPSA) is 24.9 Å². The van der Waals surface area contributed by atoms with Crippen LogP contribution in [0, 0.1) is 6.92 Å². The lowest BCUT2D eigenvalue weighted by Gasteiger charge is -2.26. The largest absolute Gasteiger partial charge is 0.306 e. The van der Waals surface area contributed by atoms with Gasteiger partial charge >= 0.3 is 0 Å². The molecular formula is C17H20N2. The fourth-order valence-corrected chi connectivity index (χ4v) is 2.90. The average Bonchev–Trinajstić information content (AvgIpc) is 2.46. The first-order chi connectivity index (χ1) is 9.34. The Morgan fingerprint density at radius 2 is 2.16 bits per heavy atom. The highest BCUT2D eigenvalue weighted by molar-refractivity contribution is 5.32. The third kappa shape index (κ3) is 2.69. The van der Waals surface area contributed by atoms with Crippen LogP contribution in [0.1, 0.15) is 41.1 Å². The minimum atomic E-state index is 0.498. The number of pyridine rings is 1. The van der Waals surface area contributed by atoms with E-state index in [1.807, 2.05) is 12.4 Å². The van der Waals surface area contributed by atoms with E-state index in [4.69, 9.17) is 0 Å². The van der Waals surface area contributed by atoms with Crippen LogP contribution < -0.4 is 5.32 Å². The molecule has 1 aliphatic carbocycles. The van der Waals surface area contributed by atoms with Crippen LogP contribution in [0.15, 0.2) is 42.7 Å².